The predicted octanol–water partition coefficient (Wildman–Crippen LogP) is 2.61. The fourth-order valence-corrected chi connectivity index (χ4v) is 2.45. The van der Waals surface area contributed by atoms with Crippen molar-refractivity contribution in [2.24, 2.45) is 0 Å². The lowest BCUT2D eigenvalue weighted by Gasteiger charge is -2.17. The van der Waals surface area contributed by atoms with Crippen LogP contribution in [0.5, 0.6) is 0 Å². The van der Waals surface area contributed by atoms with Crippen LogP contribution in [-0.2, 0) is 4.74 Å². The zero-order valence-electron chi connectivity index (χ0n) is 10.1. The maximum absolute atomic E-state index is 13.8. The molecule has 1 unspecified atom stereocenters. The van der Waals surface area contributed by atoms with Crippen molar-refractivity contribution in [1.29, 1.82) is 0 Å². The summed E-state index contributed by atoms with van der Waals surface area (Å²) in [5.41, 5.74) is 0.614. The van der Waals surface area contributed by atoms with E-state index in [4.69, 9.17) is 4.74 Å². The number of benzene rings is 1. The van der Waals surface area contributed by atoms with E-state index in [1.807, 2.05) is 11.4 Å². The second kappa shape index (κ2) is 6.58. The zero-order chi connectivity index (χ0) is 12.8. The smallest absolute Gasteiger partial charge is 0.128 e. The van der Waals surface area contributed by atoms with Crippen LogP contribution in [0.1, 0.15) is 16.6 Å². The summed E-state index contributed by atoms with van der Waals surface area (Å²) in [7, 11) is 1.64. The fraction of sp³-hybridized carbons (Fsp3) is 0.308. The highest BCUT2D eigenvalue weighted by Gasteiger charge is 2.18. The van der Waals surface area contributed by atoms with E-state index in [9.17, 15) is 4.39 Å². The molecule has 0 aliphatic carbocycles. The van der Waals surface area contributed by atoms with Gasteiger partial charge in [-0.25, -0.2) is 9.37 Å². The molecule has 0 bridgehead atoms. The van der Waals surface area contributed by atoms with Crippen molar-refractivity contribution in [3.05, 3.63) is 52.2 Å². The highest BCUT2D eigenvalue weighted by molar-refractivity contribution is 7.09. The monoisotopic (exact) mass is 266 g/mol. The number of nitrogens with one attached hydrogen (secondary N) is 1. The Hall–Kier alpha value is -1.30. The van der Waals surface area contributed by atoms with Gasteiger partial charge >= 0.3 is 0 Å². The average Bonchev–Trinajstić information content (AvgIpc) is 2.90. The van der Waals surface area contributed by atoms with E-state index in [1.165, 1.54) is 17.4 Å². The third kappa shape index (κ3) is 3.13. The first-order valence-corrected chi connectivity index (χ1v) is 6.57. The molecule has 18 heavy (non-hydrogen) atoms. The summed E-state index contributed by atoms with van der Waals surface area (Å²) in [6.45, 7) is 1.23. The molecule has 1 atom stereocenters. The summed E-state index contributed by atoms with van der Waals surface area (Å²) < 4.78 is 18.8. The molecule has 1 aromatic heterocycles. The minimum absolute atomic E-state index is 0.220. The first kappa shape index (κ1) is 13.1. The lowest BCUT2D eigenvalue weighted by Crippen LogP contribution is -2.26. The number of hydrogen-bond donors (Lipinski definition) is 1. The molecule has 1 heterocycles. The molecule has 0 amide bonds. The van der Waals surface area contributed by atoms with Crippen LogP contribution in [0.2, 0.25) is 0 Å². The van der Waals surface area contributed by atoms with Crippen molar-refractivity contribution in [2.75, 3.05) is 20.3 Å². The molecule has 2 rings (SSSR count). The summed E-state index contributed by atoms with van der Waals surface area (Å²) >= 11 is 1.51. The SMILES string of the molecule is COCCNC(c1nccs1)c1ccccc1F. The Morgan fingerprint density at radius 1 is 1.44 bits per heavy atom. The summed E-state index contributed by atoms with van der Waals surface area (Å²) in [4.78, 5) is 4.26. The number of nitrogens with zero attached hydrogens (tertiary/aromatic N) is 1. The Morgan fingerprint density at radius 3 is 2.94 bits per heavy atom. The third-order valence-electron chi connectivity index (χ3n) is 2.57. The maximum Gasteiger partial charge on any atom is 0.128 e. The molecule has 0 saturated carbocycles. The van der Waals surface area contributed by atoms with Gasteiger partial charge < -0.3 is 10.1 Å². The van der Waals surface area contributed by atoms with E-state index in [0.29, 0.717) is 18.7 Å². The summed E-state index contributed by atoms with van der Waals surface area (Å²) in [5, 5.41) is 6.01. The van der Waals surface area contributed by atoms with Crippen molar-refractivity contribution in [2.45, 2.75) is 6.04 Å². The molecule has 1 N–H and O–H groups in total. The molecule has 0 fully saturated rings. The Balaban J connectivity index is 2.22. The van der Waals surface area contributed by atoms with E-state index >= 15 is 0 Å². The van der Waals surface area contributed by atoms with Gasteiger partial charge in [-0.3, -0.25) is 0 Å². The van der Waals surface area contributed by atoms with Crippen LogP contribution in [0.25, 0.3) is 0 Å². The standard InChI is InChI=1S/C13H15FN2OS/c1-17-8-6-15-12(13-16-7-9-18-13)10-4-2-3-5-11(10)14/h2-5,7,9,12,15H,6,8H2,1H3. The van der Waals surface area contributed by atoms with E-state index in [1.54, 1.807) is 25.4 Å². The van der Waals surface area contributed by atoms with Crippen molar-refractivity contribution in [3.8, 4) is 0 Å². The normalized spacial score (nSPS) is 12.6. The van der Waals surface area contributed by atoms with Crippen LogP contribution in [-0.4, -0.2) is 25.2 Å². The van der Waals surface area contributed by atoms with Crippen LogP contribution in [0.4, 0.5) is 4.39 Å². The quantitative estimate of drug-likeness (QED) is 0.816. The van der Waals surface area contributed by atoms with Crippen molar-refractivity contribution >= 4 is 11.3 Å². The van der Waals surface area contributed by atoms with Crippen LogP contribution in [0.15, 0.2) is 35.8 Å². The first-order chi connectivity index (χ1) is 8.83. The molecule has 0 aliphatic heterocycles. The topological polar surface area (TPSA) is 34.1 Å². The molecule has 0 aliphatic rings. The number of rotatable bonds is 6. The predicted molar refractivity (Wildman–Crippen MR) is 70.2 cm³/mol. The zero-order valence-corrected chi connectivity index (χ0v) is 10.9. The number of methoxy groups -OCH3 is 1. The van der Waals surface area contributed by atoms with Crippen molar-refractivity contribution < 1.29 is 9.13 Å². The molecular weight excluding hydrogens is 251 g/mol. The number of hydrogen-bond acceptors (Lipinski definition) is 4. The van der Waals surface area contributed by atoms with Crippen LogP contribution < -0.4 is 5.32 Å². The molecule has 0 spiro atoms. The minimum atomic E-state index is -0.221. The molecule has 96 valence electrons. The van der Waals surface area contributed by atoms with Gasteiger partial charge in [0.2, 0.25) is 0 Å². The lowest BCUT2D eigenvalue weighted by molar-refractivity contribution is 0.197. The van der Waals surface area contributed by atoms with E-state index < -0.39 is 0 Å². The second-order valence-electron chi connectivity index (χ2n) is 3.77. The van der Waals surface area contributed by atoms with Gasteiger partial charge in [0.1, 0.15) is 10.8 Å². The number of aromatic nitrogens is 1. The van der Waals surface area contributed by atoms with Crippen LogP contribution >= 0.6 is 11.3 Å². The molecule has 5 heteroatoms. The molecule has 3 nitrogen and oxygen atoms in total. The van der Waals surface area contributed by atoms with Gasteiger partial charge in [-0.05, 0) is 6.07 Å². The molecular formula is C13H15FN2OS. The Kier molecular flexibility index (Phi) is 4.81. The Labute approximate surface area is 110 Å². The molecule has 0 radical (unpaired) electrons. The van der Waals surface area contributed by atoms with Crippen molar-refractivity contribution in [1.82, 2.24) is 10.3 Å². The van der Waals surface area contributed by atoms with Gasteiger partial charge in [0.25, 0.3) is 0 Å². The summed E-state index contributed by atoms with van der Waals surface area (Å²) in [6.07, 6.45) is 1.73. The van der Waals surface area contributed by atoms with E-state index in [0.717, 1.165) is 5.01 Å². The van der Waals surface area contributed by atoms with E-state index in [2.05, 4.69) is 10.3 Å². The second-order valence-corrected chi connectivity index (χ2v) is 4.70. The van der Waals surface area contributed by atoms with Gasteiger partial charge in [0, 0.05) is 30.8 Å². The van der Waals surface area contributed by atoms with Gasteiger partial charge in [0.15, 0.2) is 0 Å². The van der Waals surface area contributed by atoms with Gasteiger partial charge in [-0.15, -0.1) is 11.3 Å². The highest BCUT2D eigenvalue weighted by atomic mass is 32.1. The Bertz CT molecular complexity index is 476. The lowest BCUT2D eigenvalue weighted by atomic mass is 10.1. The molecule has 2 aromatic rings. The van der Waals surface area contributed by atoms with Crippen LogP contribution in [0.3, 0.4) is 0 Å². The fourth-order valence-electron chi connectivity index (χ4n) is 1.72. The summed E-state index contributed by atoms with van der Waals surface area (Å²) in [5.74, 6) is -0.220. The van der Waals surface area contributed by atoms with Gasteiger partial charge in [0.05, 0.1) is 12.6 Å². The average molecular weight is 266 g/mol. The minimum Gasteiger partial charge on any atom is -0.383 e. The number of halogens is 1. The molecule has 0 saturated heterocycles. The number of thiazole rings is 1. The van der Waals surface area contributed by atoms with Crippen LogP contribution in [0, 0.1) is 5.82 Å². The maximum atomic E-state index is 13.8. The van der Waals surface area contributed by atoms with E-state index in [-0.39, 0.29) is 11.9 Å². The first-order valence-electron chi connectivity index (χ1n) is 5.69. The largest absolute Gasteiger partial charge is 0.383 e. The molecule has 1 aromatic carbocycles. The van der Waals surface area contributed by atoms with Gasteiger partial charge in [-0.2, -0.15) is 0 Å². The van der Waals surface area contributed by atoms with Crippen molar-refractivity contribution in [3.63, 3.8) is 0 Å². The van der Waals surface area contributed by atoms with Gasteiger partial charge in [-0.1, -0.05) is 18.2 Å². The summed E-state index contributed by atoms with van der Waals surface area (Å²) in [6, 6.07) is 6.54. The third-order valence-corrected chi connectivity index (χ3v) is 3.41. The number of ether oxygens (including phenoxy) is 1. The Morgan fingerprint density at radius 2 is 2.28 bits per heavy atom. The highest BCUT2D eigenvalue weighted by Crippen LogP contribution is 2.25.